The van der Waals surface area contributed by atoms with Gasteiger partial charge in [-0.05, 0) is 41.5 Å². The van der Waals surface area contributed by atoms with Crippen LogP contribution in [0.5, 0.6) is 0 Å². The summed E-state index contributed by atoms with van der Waals surface area (Å²) in [7, 11) is 0. The molecule has 0 saturated carbocycles. The molecule has 1 aliphatic heterocycles. The predicted octanol–water partition coefficient (Wildman–Crippen LogP) is 2.81. The molecule has 1 rings (SSSR count). The summed E-state index contributed by atoms with van der Waals surface area (Å²) in [6.45, 7) is 9.06. The van der Waals surface area contributed by atoms with Crippen molar-refractivity contribution in [2.45, 2.75) is 71.5 Å². The second kappa shape index (κ2) is 7.80. The fraction of sp³-hybridized carbons (Fsp3) is 0.875. The summed E-state index contributed by atoms with van der Waals surface area (Å²) in [5, 5.41) is 0. The first-order chi connectivity index (χ1) is 11.2. The number of carbonyl (C=O) groups is 2. The number of hydrogen-bond donors (Lipinski definition) is 0. The minimum absolute atomic E-state index is 0.207. The number of piperazine rings is 1. The quantitative estimate of drug-likeness (QED) is 0.769. The molecule has 6 nitrogen and oxygen atoms in total. The summed E-state index contributed by atoms with van der Waals surface area (Å²) in [6, 6.07) is -0.669. The molecule has 0 N–H and O–H groups in total. The molecule has 1 saturated heterocycles. The Hall–Kier alpha value is -1.51. The zero-order chi connectivity index (χ0) is 19.6. The van der Waals surface area contributed by atoms with Crippen LogP contribution >= 0.6 is 0 Å². The van der Waals surface area contributed by atoms with E-state index in [4.69, 9.17) is 4.74 Å². The number of alkyl halides is 3. The third-order valence-electron chi connectivity index (χ3n) is 3.74. The summed E-state index contributed by atoms with van der Waals surface area (Å²) >= 11 is 0. The van der Waals surface area contributed by atoms with E-state index in [-0.39, 0.29) is 25.2 Å². The Labute approximate surface area is 146 Å². The highest BCUT2D eigenvalue weighted by atomic mass is 19.4. The lowest BCUT2D eigenvalue weighted by atomic mass is 10.1. The molecule has 1 fully saturated rings. The van der Waals surface area contributed by atoms with Gasteiger partial charge in [0.05, 0.1) is 0 Å². The number of hydrogen-bond acceptors (Lipinski definition) is 4. The molecule has 0 spiro atoms. The lowest BCUT2D eigenvalue weighted by molar-refractivity contribution is -0.190. The Bertz CT molecular complexity index is 491. The van der Waals surface area contributed by atoms with Crippen LogP contribution in [-0.2, 0) is 14.3 Å². The van der Waals surface area contributed by atoms with Gasteiger partial charge >= 0.3 is 12.3 Å². The maximum atomic E-state index is 12.4. The first-order valence-electron chi connectivity index (χ1n) is 8.19. The van der Waals surface area contributed by atoms with E-state index in [9.17, 15) is 22.8 Å². The molecule has 0 aromatic rings. The van der Waals surface area contributed by atoms with Gasteiger partial charge in [0.1, 0.15) is 18.3 Å². The average molecular weight is 368 g/mol. The molecule has 3 atom stereocenters. The minimum atomic E-state index is -4.48. The number of amides is 2. The number of ether oxygens (including phenoxy) is 2. The fourth-order valence-corrected chi connectivity index (χ4v) is 2.53. The van der Waals surface area contributed by atoms with Crippen molar-refractivity contribution < 1.29 is 32.2 Å². The van der Waals surface area contributed by atoms with E-state index in [1.807, 2.05) is 0 Å². The molecule has 9 heteroatoms. The Morgan fingerprint density at radius 3 is 2.04 bits per heavy atom. The number of carbonyl (C=O) groups excluding carboxylic acids is 2. The first kappa shape index (κ1) is 21.5. The molecule has 0 aliphatic carbocycles. The van der Waals surface area contributed by atoms with Crippen molar-refractivity contribution in [3.8, 4) is 0 Å². The van der Waals surface area contributed by atoms with Crippen LogP contribution in [0.15, 0.2) is 0 Å². The molecular weight excluding hydrogens is 341 g/mol. The monoisotopic (exact) mass is 368 g/mol. The van der Waals surface area contributed by atoms with Gasteiger partial charge in [-0.15, -0.1) is 0 Å². The summed E-state index contributed by atoms with van der Waals surface area (Å²) in [5.74, 6) is -0.521. The maximum Gasteiger partial charge on any atom is 0.411 e. The highest BCUT2D eigenvalue weighted by Gasteiger charge is 2.38. The standard InChI is InChI=1S/C16H27F3N2O4/c1-10-8-21(14(23)25-15(4,5)6)11(2)7-20(10)13(22)12(3)24-9-16(17,18)19/h10-12H,7-9H2,1-6H3/t10-,11+,12-/m0/s1. The van der Waals surface area contributed by atoms with Gasteiger partial charge in [0.25, 0.3) is 5.91 Å². The molecule has 1 heterocycles. The summed E-state index contributed by atoms with van der Waals surface area (Å²) in [5.41, 5.74) is -0.632. The average Bonchev–Trinajstić information content (AvgIpc) is 2.43. The lowest BCUT2D eigenvalue weighted by Gasteiger charge is -2.44. The van der Waals surface area contributed by atoms with E-state index < -0.39 is 36.5 Å². The summed E-state index contributed by atoms with van der Waals surface area (Å²) in [4.78, 5) is 27.6. The molecule has 0 aromatic heterocycles. The van der Waals surface area contributed by atoms with E-state index >= 15 is 0 Å². The van der Waals surface area contributed by atoms with Gasteiger partial charge < -0.3 is 19.3 Å². The van der Waals surface area contributed by atoms with Gasteiger partial charge in [-0.2, -0.15) is 13.2 Å². The van der Waals surface area contributed by atoms with Crippen molar-refractivity contribution in [1.29, 1.82) is 0 Å². The molecular formula is C16H27F3N2O4. The second-order valence-electron chi connectivity index (χ2n) is 7.39. The molecule has 0 aromatic carbocycles. The van der Waals surface area contributed by atoms with Crippen LogP contribution in [0.3, 0.4) is 0 Å². The molecule has 0 bridgehead atoms. The molecule has 0 radical (unpaired) electrons. The van der Waals surface area contributed by atoms with Crippen LogP contribution in [0.25, 0.3) is 0 Å². The largest absolute Gasteiger partial charge is 0.444 e. The van der Waals surface area contributed by atoms with Crippen LogP contribution in [0.2, 0.25) is 0 Å². The summed E-state index contributed by atoms with van der Waals surface area (Å²) < 4.78 is 46.7. The Balaban J connectivity index is 2.69. The van der Waals surface area contributed by atoms with E-state index in [2.05, 4.69) is 4.74 Å². The van der Waals surface area contributed by atoms with Crippen molar-refractivity contribution >= 4 is 12.0 Å². The highest BCUT2D eigenvalue weighted by Crippen LogP contribution is 2.21. The number of nitrogens with zero attached hydrogens (tertiary/aromatic N) is 2. The molecule has 1 aliphatic rings. The topological polar surface area (TPSA) is 59.1 Å². The van der Waals surface area contributed by atoms with E-state index in [1.165, 1.54) is 16.7 Å². The van der Waals surface area contributed by atoms with Crippen LogP contribution in [0.1, 0.15) is 41.5 Å². The van der Waals surface area contributed by atoms with Crippen LogP contribution in [-0.4, -0.2) is 71.5 Å². The van der Waals surface area contributed by atoms with E-state index in [0.717, 1.165) is 0 Å². The zero-order valence-corrected chi connectivity index (χ0v) is 15.5. The Morgan fingerprint density at radius 1 is 1.08 bits per heavy atom. The van der Waals surface area contributed by atoms with Crippen LogP contribution in [0.4, 0.5) is 18.0 Å². The van der Waals surface area contributed by atoms with Crippen molar-refractivity contribution in [3.63, 3.8) is 0 Å². The van der Waals surface area contributed by atoms with E-state index in [1.54, 1.807) is 34.6 Å². The Morgan fingerprint density at radius 2 is 1.56 bits per heavy atom. The van der Waals surface area contributed by atoms with Gasteiger partial charge in [0.2, 0.25) is 0 Å². The Kier molecular flexibility index (Phi) is 6.72. The van der Waals surface area contributed by atoms with Crippen LogP contribution in [0, 0.1) is 0 Å². The van der Waals surface area contributed by atoms with Gasteiger partial charge in [-0.3, -0.25) is 4.79 Å². The number of halogens is 3. The summed E-state index contributed by atoms with van der Waals surface area (Å²) in [6.07, 6.45) is -6.16. The second-order valence-corrected chi connectivity index (χ2v) is 7.39. The molecule has 146 valence electrons. The van der Waals surface area contributed by atoms with Gasteiger partial charge in [-0.25, -0.2) is 4.79 Å². The number of rotatable bonds is 3. The molecule has 2 amide bonds. The van der Waals surface area contributed by atoms with Gasteiger partial charge in [0.15, 0.2) is 0 Å². The van der Waals surface area contributed by atoms with Gasteiger partial charge in [-0.1, -0.05) is 0 Å². The highest BCUT2D eigenvalue weighted by molar-refractivity contribution is 5.81. The van der Waals surface area contributed by atoms with Gasteiger partial charge in [0, 0.05) is 25.2 Å². The van der Waals surface area contributed by atoms with Crippen molar-refractivity contribution in [3.05, 3.63) is 0 Å². The van der Waals surface area contributed by atoms with Crippen molar-refractivity contribution in [2.24, 2.45) is 0 Å². The zero-order valence-electron chi connectivity index (χ0n) is 15.5. The molecule has 25 heavy (non-hydrogen) atoms. The van der Waals surface area contributed by atoms with Crippen LogP contribution < -0.4 is 0 Å². The van der Waals surface area contributed by atoms with Crippen molar-refractivity contribution in [1.82, 2.24) is 9.80 Å². The lowest BCUT2D eigenvalue weighted by Crippen LogP contribution is -2.61. The SMILES string of the molecule is C[C@H](OCC(F)(F)F)C(=O)N1C[C@@H](C)N(C(=O)OC(C)(C)C)C[C@@H]1C. The predicted molar refractivity (Wildman–Crippen MR) is 85.0 cm³/mol. The van der Waals surface area contributed by atoms with Crippen molar-refractivity contribution in [2.75, 3.05) is 19.7 Å². The fourth-order valence-electron chi connectivity index (χ4n) is 2.53. The minimum Gasteiger partial charge on any atom is -0.444 e. The van der Waals surface area contributed by atoms with E-state index in [0.29, 0.717) is 0 Å². The smallest absolute Gasteiger partial charge is 0.411 e. The maximum absolute atomic E-state index is 12.4. The first-order valence-corrected chi connectivity index (χ1v) is 8.19. The molecule has 0 unspecified atom stereocenters. The third-order valence-corrected chi connectivity index (χ3v) is 3.74. The normalized spacial score (nSPS) is 23.4. The third kappa shape index (κ3) is 6.72.